The predicted molar refractivity (Wildman–Crippen MR) is 134 cm³/mol. The Kier molecular flexibility index (Phi) is 11.1. The van der Waals surface area contributed by atoms with Crippen molar-refractivity contribution < 1.29 is 8.78 Å². The molecule has 1 saturated heterocycles. The summed E-state index contributed by atoms with van der Waals surface area (Å²) >= 11 is 1.77. The number of aromatic nitrogens is 1. The van der Waals surface area contributed by atoms with Crippen LogP contribution < -0.4 is 10.6 Å². The first-order valence-corrected chi connectivity index (χ1v) is 11.5. The summed E-state index contributed by atoms with van der Waals surface area (Å²) in [6.45, 7) is 8.20. The van der Waals surface area contributed by atoms with Gasteiger partial charge in [-0.05, 0) is 43.9 Å². The van der Waals surface area contributed by atoms with Gasteiger partial charge in [-0.3, -0.25) is 9.89 Å². The molecule has 0 radical (unpaired) electrons. The summed E-state index contributed by atoms with van der Waals surface area (Å²) in [5.41, 5.74) is 0.809. The van der Waals surface area contributed by atoms with Crippen LogP contribution in [0.4, 0.5) is 8.78 Å². The highest BCUT2D eigenvalue weighted by Gasteiger charge is 2.20. The number of hydrogen-bond donors (Lipinski definition) is 2. The summed E-state index contributed by atoms with van der Waals surface area (Å²) in [6, 6.07) is 4.51. The van der Waals surface area contributed by atoms with Crippen LogP contribution in [0.25, 0.3) is 0 Å². The Morgan fingerprint density at radius 2 is 2.00 bits per heavy atom. The number of piperidine rings is 1. The van der Waals surface area contributed by atoms with Crippen molar-refractivity contribution in [3.63, 3.8) is 0 Å². The topological polar surface area (TPSA) is 52.6 Å². The standard InChI is InChI=1S/C22H31F2N5S.HI/c1-3-18-14-27-21(30-18)7-10-26-22(25-4-2)28-17-8-11-29(12-9-17)15-16-5-6-19(23)20(24)13-16;/h5-6,13-14,17H,3-4,7-12,15H2,1-2H3,(H2,25,26,28);1H. The quantitative estimate of drug-likeness (QED) is 0.285. The van der Waals surface area contributed by atoms with Crippen LogP contribution in [-0.4, -0.2) is 48.1 Å². The molecule has 0 spiro atoms. The smallest absolute Gasteiger partial charge is 0.191 e. The molecule has 2 heterocycles. The molecule has 0 unspecified atom stereocenters. The Hall–Kier alpha value is -1.33. The first-order chi connectivity index (χ1) is 14.6. The van der Waals surface area contributed by atoms with Gasteiger partial charge in [0, 0.05) is 56.3 Å². The van der Waals surface area contributed by atoms with Crippen LogP contribution in [0.1, 0.15) is 42.1 Å². The molecule has 0 atom stereocenters. The number of aliphatic imine (C=N–C) groups is 1. The first kappa shape index (κ1) is 25.9. The highest BCUT2D eigenvalue weighted by Crippen LogP contribution is 2.16. The van der Waals surface area contributed by atoms with Crippen molar-refractivity contribution >= 4 is 41.3 Å². The second-order valence-corrected chi connectivity index (χ2v) is 8.73. The number of benzene rings is 1. The third-order valence-corrected chi connectivity index (χ3v) is 6.41. The molecular weight excluding hydrogens is 531 g/mol. The van der Waals surface area contributed by atoms with Gasteiger partial charge in [0.05, 0.1) is 5.01 Å². The van der Waals surface area contributed by atoms with Gasteiger partial charge in [0.2, 0.25) is 0 Å². The molecule has 3 rings (SSSR count). The van der Waals surface area contributed by atoms with Crippen LogP contribution in [0.15, 0.2) is 29.4 Å². The highest BCUT2D eigenvalue weighted by molar-refractivity contribution is 14.0. The molecule has 172 valence electrons. The van der Waals surface area contributed by atoms with Gasteiger partial charge in [-0.15, -0.1) is 35.3 Å². The molecule has 0 bridgehead atoms. The number of nitrogens with zero attached hydrogens (tertiary/aromatic N) is 3. The Bertz CT molecular complexity index is 837. The number of rotatable bonds is 8. The summed E-state index contributed by atoms with van der Waals surface area (Å²) in [7, 11) is 0. The molecule has 0 aliphatic carbocycles. The normalized spacial score (nSPS) is 15.5. The van der Waals surface area contributed by atoms with Gasteiger partial charge < -0.3 is 10.6 Å². The molecule has 2 N–H and O–H groups in total. The van der Waals surface area contributed by atoms with Crippen molar-refractivity contribution in [2.75, 3.05) is 26.2 Å². The third-order valence-electron chi connectivity index (χ3n) is 5.21. The van der Waals surface area contributed by atoms with Gasteiger partial charge in [0.15, 0.2) is 17.6 Å². The number of likely N-dealkylation sites (tertiary alicyclic amines) is 1. The van der Waals surface area contributed by atoms with E-state index in [1.807, 2.05) is 6.20 Å². The van der Waals surface area contributed by atoms with Crippen LogP contribution in [0.3, 0.4) is 0 Å². The Morgan fingerprint density at radius 3 is 2.65 bits per heavy atom. The molecule has 0 saturated carbocycles. The van der Waals surface area contributed by atoms with Crippen LogP contribution in [0.2, 0.25) is 0 Å². The maximum Gasteiger partial charge on any atom is 0.191 e. The largest absolute Gasteiger partial charge is 0.357 e. The van der Waals surface area contributed by atoms with Crippen molar-refractivity contribution in [2.24, 2.45) is 4.99 Å². The minimum Gasteiger partial charge on any atom is -0.357 e. The molecule has 31 heavy (non-hydrogen) atoms. The van der Waals surface area contributed by atoms with Crippen LogP contribution in [-0.2, 0) is 19.4 Å². The molecule has 1 aromatic heterocycles. The molecule has 1 aliphatic rings. The second kappa shape index (κ2) is 13.3. The van der Waals surface area contributed by atoms with E-state index in [0.717, 1.165) is 61.8 Å². The number of hydrogen-bond acceptors (Lipinski definition) is 4. The van der Waals surface area contributed by atoms with E-state index in [4.69, 9.17) is 4.99 Å². The van der Waals surface area contributed by atoms with E-state index in [2.05, 4.69) is 34.4 Å². The first-order valence-electron chi connectivity index (χ1n) is 10.7. The molecule has 1 aromatic carbocycles. The van der Waals surface area contributed by atoms with Gasteiger partial charge in [0.1, 0.15) is 0 Å². The maximum absolute atomic E-state index is 13.4. The summed E-state index contributed by atoms with van der Waals surface area (Å²) < 4.78 is 26.5. The minimum absolute atomic E-state index is 0. The third kappa shape index (κ3) is 8.27. The van der Waals surface area contributed by atoms with Crippen molar-refractivity contribution in [1.29, 1.82) is 0 Å². The molecule has 1 aliphatic heterocycles. The van der Waals surface area contributed by atoms with E-state index in [0.29, 0.717) is 19.1 Å². The van der Waals surface area contributed by atoms with Crippen LogP contribution >= 0.6 is 35.3 Å². The second-order valence-electron chi connectivity index (χ2n) is 7.53. The number of thiazole rings is 1. The maximum atomic E-state index is 13.4. The summed E-state index contributed by atoms with van der Waals surface area (Å²) in [5.74, 6) is -0.722. The average Bonchev–Trinajstić information content (AvgIpc) is 3.20. The summed E-state index contributed by atoms with van der Waals surface area (Å²) in [4.78, 5) is 12.8. The van der Waals surface area contributed by atoms with E-state index in [1.165, 1.54) is 17.0 Å². The summed E-state index contributed by atoms with van der Waals surface area (Å²) in [5, 5.41) is 8.01. The number of halogens is 3. The van der Waals surface area contributed by atoms with Crippen molar-refractivity contribution in [3.8, 4) is 0 Å². The fourth-order valence-electron chi connectivity index (χ4n) is 3.54. The van der Waals surface area contributed by atoms with Crippen molar-refractivity contribution in [3.05, 3.63) is 51.5 Å². The summed E-state index contributed by atoms with van der Waals surface area (Å²) in [6.07, 6.45) is 5.82. The molecular formula is C22H32F2IN5S. The molecule has 5 nitrogen and oxygen atoms in total. The monoisotopic (exact) mass is 563 g/mol. The number of nitrogens with one attached hydrogen (secondary N) is 2. The number of guanidine groups is 1. The lowest BCUT2D eigenvalue weighted by Gasteiger charge is -2.33. The van der Waals surface area contributed by atoms with Crippen molar-refractivity contribution in [2.45, 2.75) is 52.1 Å². The lowest BCUT2D eigenvalue weighted by atomic mass is 10.0. The molecule has 1 fully saturated rings. The number of aryl methyl sites for hydroxylation is 1. The molecule has 2 aromatic rings. The van der Waals surface area contributed by atoms with E-state index >= 15 is 0 Å². The Balaban J connectivity index is 0.00000341. The fourth-order valence-corrected chi connectivity index (χ4v) is 4.39. The highest BCUT2D eigenvalue weighted by atomic mass is 127. The van der Waals surface area contributed by atoms with E-state index in [9.17, 15) is 8.78 Å². The average molecular weight is 564 g/mol. The van der Waals surface area contributed by atoms with Crippen LogP contribution in [0.5, 0.6) is 0 Å². The fraction of sp³-hybridized carbons (Fsp3) is 0.545. The molecule has 9 heteroatoms. The zero-order valence-electron chi connectivity index (χ0n) is 18.2. The Morgan fingerprint density at radius 1 is 1.23 bits per heavy atom. The van der Waals surface area contributed by atoms with Crippen molar-refractivity contribution in [1.82, 2.24) is 20.5 Å². The van der Waals surface area contributed by atoms with Gasteiger partial charge in [0.25, 0.3) is 0 Å². The lowest BCUT2D eigenvalue weighted by molar-refractivity contribution is 0.198. The zero-order chi connectivity index (χ0) is 21.3. The van der Waals surface area contributed by atoms with E-state index < -0.39 is 11.6 Å². The Labute approximate surface area is 204 Å². The van der Waals surface area contributed by atoms with Crippen LogP contribution in [0, 0.1) is 11.6 Å². The van der Waals surface area contributed by atoms with E-state index in [1.54, 1.807) is 17.4 Å². The van der Waals surface area contributed by atoms with Gasteiger partial charge in [-0.1, -0.05) is 13.0 Å². The van der Waals surface area contributed by atoms with Gasteiger partial charge >= 0.3 is 0 Å². The van der Waals surface area contributed by atoms with Gasteiger partial charge in [-0.25, -0.2) is 13.8 Å². The minimum atomic E-state index is -0.794. The SMILES string of the molecule is CCNC(=NCCc1ncc(CC)s1)NC1CCN(Cc2ccc(F)c(F)c2)CC1.I. The predicted octanol–water partition coefficient (Wildman–Crippen LogP) is 4.36. The van der Waals surface area contributed by atoms with E-state index in [-0.39, 0.29) is 24.0 Å². The zero-order valence-corrected chi connectivity index (χ0v) is 21.3. The molecule has 0 amide bonds. The lowest BCUT2D eigenvalue weighted by Crippen LogP contribution is -2.48. The van der Waals surface area contributed by atoms with Gasteiger partial charge in [-0.2, -0.15) is 0 Å².